The van der Waals surface area contributed by atoms with Gasteiger partial charge in [0.2, 0.25) is 0 Å². The SMILES string of the molecule is COc1ccc(CCN2CC3=C(C2=O)C(c2cccc(Oc4ccccc4)c2)NC(=O)N3C)cc1OC. The summed E-state index contributed by atoms with van der Waals surface area (Å²) in [6, 6.07) is 21.9. The van der Waals surface area contributed by atoms with Crippen LogP contribution in [-0.2, 0) is 11.2 Å². The van der Waals surface area contributed by atoms with E-state index < -0.39 is 6.04 Å². The molecular formula is C29H29N3O5. The molecule has 0 saturated heterocycles. The monoisotopic (exact) mass is 499 g/mol. The van der Waals surface area contributed by atoms with Crippen molar-refractivity contribution in [2.24, 2.45) is 0 Å². The Morgan fingerprint density at radius 1 is 0.892 bits per heavy atom. The third-order valence-corrected chi connectivity index (χ3v) is 6.72. The zero-order valence-corrected chi connectivity index (χ0v) is 21.1. The fourth-order valence-electron chi connectivity index (χ4n) is 4.74. The highest BCUT2D eigenvalue weighted by Crippen LogP contribution is 2.37. The van der Waals surface area contributed by atoms with E-state index in [1.54, 1.807) is 26.2 Å². The van der Waals surface area contributed by atoms with E-state index in [0.717, 1.165) is 16.8 Å². The number of rotatable bonds is 8. The van der Waals surface area contributed by atoms with Gasteiger partial charge in [-0.1, -0.05) is 36.4 Å². The van der Waals surface area contributed by atoms with Crippen LogP contribution in [0.3, 0.4) is 0 Å². The fraction of sp³-hybridized carbons (Fsp3) is 0.241. The first-order valence-corrected chi connectivity index (χ1v) is 12.1. The van der Waals surface area contributed by atoms with Gasteiger partial charge in [0.05, 0.1) is 38.1 Å². The van der Waals surface area contributed by atoms with Crippen molar-refractivity contribution in [2.75, 3.05) is 34.4 Å². The fourth-order valence-corrected chi connectivity index (χ4v) is 4.74. The van der Waals surface area contributed by atoms with Crippen molar-refractivity contribution in [3.63, 3.8) is 0 Å². The van der Waals surface area contributed by atoms with E-state index in [9.17, 15) is 9.59 Å². The van der Waals surface area contributed by atoms with Gasteiger partial charge in [-0.15, -0.1) is 0 Å². The number of carbonyl (C=O) groups is 2. The smallest absolute Gasteiger partial charge is 0.322 e. The van der Waals surface area contributed by atoms with E-state index in [1.165, 1.54) is 4.90 Å². The quantitative estimate of drug-likeness (QED) is 0.493. The van der Waals surface area contributed by atoms with Gasteiger partial charge in [0.15, 0.2) is 11.5 Å². The van der Waals surface area contributed by atoms with Gasteiger partial charge in [-0.2, -0.15) is 0 Å². The van der Waals surface area contributed by atoms with Crippen molar-refractivity contribution in [1.82, 2.24) is 15.1 Å². The molecule has 0 radical (unpaired) electrons. The van der Waals surface area contributed by atoms with Crippen molar-refractivity contribution in [1.29, 1.82) is 0 Å². The lowest BCUT2D eigenvalue weighted by molar-refractivity contribution is -0.125. The number of methoxy groups -OCH3 is 2. The van der Waals surface area contributed by atoms with Crippen LogP contribution in [0.5, 0.6) is 23.0 Å². The number of amides is 3. The molecule has 37 heavy (non-hydrogen) atoms. The summed E-state index contributed by atoms with van der Waals surface area (Å²) >= 11 is 0. The Kier molecular flexibility index (Phi) is 6.72. The molecule has 5 rings (SSSR count). The molecule has 0 aliphatic carbocycles. The highest BCUT2D eigenvalue weighted by molar-refractivity contribution is 6.01. The molecule has 2 aliphatic rings. The molecule has 0 bridgehead atoms. The summed E-state index contributed by atoms with van der Waals surface area (Å²) in [5, 5.41) is 2.99. The molecule has 3 aromatic rings. The van der Waals surface area contributed by atoms with Gasteiger partial charge >= 0.3 is 6.03 Å². The molecule has 3 aromatic carbocycles. The van der Waals surface area contributed by atoms with Gasteiger partial charge in [0.1, 0.15) is 11.5 Å². The lowest BCUT2D eigenvalue weighted by Crippen LogP contribution is -2.45. The second kappa shape index (κ2) is 10.3. The Morgan fingerprint density at radius 3 is 2.41 bits per heavy atom. The Morgan fingerprint density at radius 2 is 1.65 bits per heavy atom. The maximum atomic E-state index is 13.6. The topological polar surface area (TPSA) is 80.3 Å². The summed E-state index contributed by atoms with van der Waals surface area (Å²) < 4.78 is 16.7. The van der Waals surface area contributed by atoms with Crippen LogP contribution < -0.4 is 19.5 Å². The Balaban J connectivity index is 1.36. The zero-order valence-electron chi connectivity index (χ0n) is 21.1. The normalized spacial score (nSPS) is 17.0. The van der Waals surface area contributed by atoms with Crippen LogP contribution in [0.25, 0.3) is 0 Å². The molecule has 0 fully saturated rings. The third-order valence-electron chi connectivity index (χ3n) is 6.72. The second-order valence-electron chi connectivity index (χ2n) is 8.96. The lowest BCUT2D eigenvalue weighted by Gasteiger charge is -2.31. The van der Waals surface area contributed by atoms with E-state index >= 15 is 0 Å². The number of hydrogen-bond donors (Lipinski definition) is 1. The number of carbonyl (C=O) groups excluding carboxylic acids is 2. The molecule has 2 heterocycles. The van der Waals surface area contributed by atoms with Gasteiger partial charge in [-0.25, -0.2) is 4.79 Å². The number of urea groups is 1. The van der Waals surface area contributed by atoms with Crippen LogP contribution in [0.2, 0.25) is 0 Å². The first-order chi connectivity index (χ1) is 18.0. The average Bonchev–Trinajstić information content (AvgIpc) is 3.26. The molecule has 1 N–H and O–H groups in total. The van der Waals surface area contributed by atoms with Crippen molar-refractivity contribution in [3.8, 4) is 23.0 Å². The summed E-state index contributed by atoms with van der Waals surface area (Å²) in [7, 11) is 4.90. The van der Waals surface area contributed by atoms with Crippen LogP contribution in [0, 0.1) is 0 Å². The van der Waals surface area contributed by atoms with E-state index in [2.05, 4.69) is 5.32 Å². The van der Waals surface area contributed by atoms with Gasteiger partial charge in [-0.3, -0.25) is 9.69 Å². The molecule has 1 atom stereocenters. The minimum Gasteiger partial charge on any atom is -0.493 e. The van der Waals surface area contributed by atoms with Crippen LogP contribution >= 0.6 is 0 Å². The molecule has 0 spiro atoms. The van der Waals surface area contributed by atoms with Crippen LogP contribution in [0.4, 0.5) is 4.79 Å². The number of ether oxygens (including phenoxy) is 3. The second-order valence-corrected chi connectivity index (χ2v) is 8.96. The predicted octanol–water partition coefficient (Wildman–Crippen LogP) is 4.53. The molecule has 8 heteroatoms. The Hall–Kier alpha value is -4.46. The summed E-state index contributed by atoms with van der Waals surface area (Å²) in [5.41, 5.74) is 3.13. The number of hydrogen-bond acceptors (Lipinski definition) is 5. The van der Waals surface area contributed by atoms with E-state index in [1.807, 2.05) is 72.8 Å². The Bertz CT molecular complexity index is 1350. The van der Waals surface area contributed by atoms with E-state index in [0.29, 0.717) is 48.1 Å². The molecule has 8 nitrogen and oxygen atoms in total. The van der Waals surface area contributed by atoms with Crippen LogP contribution in [0.15, 0.2) is 84.1 Å². The molecular weight excluding hydrogens is 470 g/mol. The van der Waals surface area contributed by atoms with Crippen LogP contribution in [0.1, 0.15) is 17.2 Å². The molecule has 3 amide bonds. The maximum Gasteiger partial charge on any atom is 0.322 e. The maximum absolute atomic E-state index is 13.6. The molecule has 0 saturated carbocycles. The van der Waals surface area contributed by atoms with E-state index in [-0.39, 0.29) is 11.9 Å². The number of nitrogens with zero attached hydrogens (tertiary/aromatic N) is 2. The minimum absolute atomic E-state index is 0.0818. The van der Waals surface area contributed by atoms with Crippen molar-refractivity contribution < 1.29 is 23.8 Å². The standard InChI is InChI=1S/C29H29N3O5/c1-31-23-18-32(15-14-19-12-13-24(35-2)25(16-19)36-3)28(33)26(23)27(30-29(31)34)20-8-7-11-22(17-20)37-21-9-5-4-6-10-21/h4-13,16-17,27H,14-15,18H2,1-3H3,(H,30,34). The van der Waals surface area contributed by atoms with Gasteiger partial charge < -0.3 is 24.4 Å². The molecule has 190 valence electrons. The number of nitrogens with one attached hydrogen (secondary N) is 1. The first-order valence-electron chi connectivity index (χ1n) is 12.1. The van der Waals surface area contributed by atoms with Crippen LogP contribution in [-0.4, -0.2) is 56.1 Å². The average molecular weight is 500 g/mol. The summed E-state index contributed by atoms with van der Waals surface area (Å²) in [6.45, 7) is 0.884. The van der Waals surface area contributed by atoms with Gasteiger partial charge in [-0.05, 0) is 53.9 Å². The summed E-state index contributed by atoms with van der Waals surface area (Å²) in [6.07, 6.45) is 0.642. The number of benzene rings is 3. The summed E-state index contributed by atoms with van der Waals surface area (Å²) in [4.78, 5) is 29.7. The minimum atomic E-state index is -0.559. The summed E-state index contributed by atoms with van der Waals surface area (Å²) in [5.74, 6) is 2.58. The van der Waals surface area contributed by atoms with Crippen molar-refractivity contribution in [2.45, 2.75) is 12.5 Å². The van der Waals surface area contributed by atoms with Gasteiger partial charge in [0.25, 0.3) is 5.91 Å². The van der Waals surface area contributed by atoms with Gasteiger partial charge in [0, 0.05) is 13.6 Å². The predicted molar refractivity (Wildman–Crippen MR) is 139 cm³/mol. The highest BCUT2D eigenvalue weighted by atomic mass is 16.5. The van der Waals surface area contributed by atoms with Crippen molar-refractivity contribution in [3.05, 3.63) is 95.2 Å². The third kappa shape index (κ3) is 4.82. The van der Waals surface area contributed by atoms with E-state index in [4.69, 9.17) is 14.2 Å². The highest BCUT2D eigenvalue weighted by Gasteiger charge is 2.42. The lowest BCUT2D eigenvalue weighted by atomic mass is 9.95. The molecule has 2 aliphatic heterocycles. The van der Waals surface area contributed by atoms with Crippen molar-refractivity contribution >= 4 is 11.9 Å². The zero-order chi connectivity index (χ0) is 25.9. The number of likely N-dealkylation sites (N-methyl/N-ethyl adjacent to an activating group) is 1. The molecule has 0 aromatic heterocycles. The largest absolute Gasteiger partial charge is 0.493 e. The number of para-hydroxylation sites is 1. The molecule has 1 unspecified atom stereocenters. The Labute approximate surface area is 216 Å². The first kappa shape index (κ1) is 24.2.